The lowest BCUT2D eigenvalue weighted by Gasteiger charge is -2.10. The third-order valence-corrected chi connectivity index (χ3v) is 2.61. The molecule has 1 aromatic carbocycles. The number of anilines is 3. The molecule has 0 aliphatic rings. The molecule has 2 rings (SSSR count). The van der Waals surface area contributed by atoms with Crippen molar-refractivity contribution >= 4 is 31.5 Å². The smallest absolute Gasteiger partial charge is 0.244 e. The molecule has 2 aromatic rings. The molecule has 5 nitrogen and oxygen atoms in total. The van der Waals surface area contributed by atoms with Crippen molar-refractivity contribution in [1.82, 2.24) is 9.97 Å². The van der Waals surface area contributed by atoms with Gasteiger partial charge in [-0.15, -0.1) is 0 Å². The van der Waals surface area contributed by atoms with Gasteiger partial charge in [0.15, 0.2) is 0 Å². The van der Waals surface area contributed by atoms with E-state index < -0.39 is 0 Å². The van der Waals surface area contributed by atoms with Crippen molar-refractivity contribution < 1.29 is 4.39 Å². The van der Waals surface area contributed by atoms with E-state index >= 15 is 0 Å². The first-order valence-corrected chi connectivity index (χ1v) is 5.67. The molecule has 0 aliphatic heterocycles. The zero-order valence-electron chi connectivity index (χ0n) is 10.7. The average molecular weight is 257 g/mol. The molecule has 0 amide bonds. The molecule has 1 aromatic heterocycles. The fraction of sp³-hybridized carbons (Fsp3) is 0.0833. The normalized spacial score (nSPS) is 10.8. The van der Waals surface area contributed by atoms with E-state index in [0.717, 1.165) is 0 Å². The van der Waals surface area contributed by atoms with Gasteiger partial charge >= 0.3 is 0 Å². The molecule has 0 radical (unpaired) electrons. The summed E-state index contributed by atoms with van der Waals surface area (Å²) in [5.41, 5.74) is 7.51. The van der Waals surface area contributed by atoms with Crippen LogP contribution in [0.1, 0.15) is 11.1 Å². The van der Waals surface area contributed by atoms with Gasteiger partial charge in [-0.3, -0.25) is 0 Å². The van der Waals surface area contributed by atoms with Gasteiger partial charge in [-0.1, -0.05) is 6.07 Å². The molecule has 19 heavy (non-hydrogen) atoms. The minimum absolute atomic E-state index is 0.280. The maximum Gasteiger partial charge on any atom is 0.244 e. The first kappa shape index (κ1) is 13.0. The number of nitrogen functional groups attached to an aromatic ring is 1. The number of benzene rings is 1. The van der Waals surface area contributed by atoms with Crippen LogP contribution >= 0.6 is 0 Å². The van der Waals surface area contributed by atoms with Gasteiger partial charge in [0.05, 0.1) is 5.56 Å². The Kier molecular flexibility index (Phi) is 3.75. The second-order valence-electron chi connectivity index (χ2n) is 4.00. The van der Waals surface area contributed by atoms with Crippen molar-refractivity contribution in [2.24, 2.45) is 4.90 Å². The van der Waals surface area contributed by atoms with Crippen LogP contribution in [-0.2, 0) is 0 Å². The van der Waals surface area contributed by atoms with Gasteiger partial charge in [0, 0.05) is 11.9 Å². The largest absolute Gasteiger partial charge is 0.383 e. The lowest BCUT2D eigenvalue weighted by molar-refractivity contribution is 0.619. The zero-order chi connectivity index (χ0) is 13.8. The Balaban J connectivity index is 2.37. The Hall–Kier alpha value is -2.44. The van der Waals surface area contributed by atoms with E-state index in [4.69, 9.17) is 5.73 Å². The molecule has 1 heterocycles. The van der Waals surface area contributed by atoms with Gasteiger partial charge in [-0.25, -0.2) is 14.4 Å². The molecular weight excluding hydrogens is 244 g/mol. The third kappa shape index (κ3) is 2.87. The highest BCUT2D eigenvalue weighted by molar-refractivity contribution is 6.12. The molecule has 0 unspecified atom stereocenters. The zero-order valence-corrected chi connectivity index (χ0v) is 10.7. The van der Waals surface area contributed by atoms with E-state index in [2.05, 4.69) is 20.2 Å². The standard InChI is InChI=1S/C12H13BFN5/c1-7-2-3-8(4-10(7)14)19-12-9(5-18-13)11(15)16-6-17-12/h2-6H,13H2,1H3,(H3,15,16,17,19)/b18-5+. The summed E-state index contributed by atoms with van der Waals surface area (Å²) in [5, 5.41) is 3.00. The van der Waals surface area contributed by atoms with E-state index in [0.29, 0.717) is 28.5 Å². The van der Waals surface area contributed by atoms with Crippen LogP contribution in [0.4, 0.5) is 21.7 Å². The van der Waals surface area contributed by atoms with Crippen molar-refractivity contribution in [3.8, 4) is 0 Å². The van der Waals surface area contributed by atoms with E-state index in [1.807, 2.05) is 0 Å². The van der Waals surface area contributed by atoms with Crippen LogP contribution in [0.5, 0.6) is 0 Å². The molecule has 0 bridgehead atoms. The fourth-order valence-electron chi connectivity index (χ4n) is 1.57. The van der Waals surface area contributed by atoms with Crippen molar-refractivity contribution in [2.45, 2.75) is 6.92 Å². The molecule has 7 heteroatoms. The van der Waals surface area contributed by atoms with Gasteiger partial charge < -0.3 is 16.0 Å². The summed E-state index contributed by atoms with van der Waals surface area (Å²) in [6.07, 6.45) is 2.90. The van der Waals surface area contributed by atoms with Gasteiger partial charge in [-0.2, -0.15) is 0 Å². The van der Waals surface area contributed by atoms with Crippen molar-refractivity contribution in [1.29, 1.82) is 0 Å². The third-order valence-electron chi connectivity index (χ3n) is 2.61. The Morgan fingerprint density at radius 3 is 2.89 bits per heavy atom. The van der Waals surface area contributed by atoms with Crippen molar-refractivity contribution in [3.05, 3.63) is 41.5 Å². The maximum absolute atomic E-state index is 13.5. The van der Waals surface area contributed by atoms with Crippen LogP contribution in [0.2, 0.25) is 0 Å². The topological polar surface area (TPSA) is 76.2 Å². The first-order valence-electron chi connectivity index (χ1n) is 5.67. The minimum Gasteiger partial charge on any atom is -0.383 e. The molecular formula is C12H13BFN5. The van der Waals surface area contributed by atoms with Gasteiger partial charge in [0.1, 0.15) is 23.8 Å². The molecule has 0 aliphatic carbocycles. The van der Waals surface area contributed by atoms with Gasteiger partial charge in [0.2, 0.25) is 7.98 Å². The fourth-order valence-corrected chi connectivity index (χ4v) is 1.57. The Bertz CT molecular complexity index is 630. The predicted molar refractivity (Wildman–Crippen MR) is 77.0 cm³/mol. The Morgan fingerprint density at radius 2 is 2.21 bits per heavy atom. The Morgan fingerprint density at radius 1 is 1.42 bits per heavy atom. The van der Waals surface area contributed by atoms with E-state index in [1.165, 1.54) is 12.4 Å². The van der Waals surface area contributed by atoms with E-state index in [9.17, 15) is 4.39 Å². The number of nitrogens with zero attached hydrogens (tertiary/aromatic N) is 3. The molecule has 0 saturated carbocycles. The highest BCUT2D eigenvalue weighted by atomic mass is 19.1. The Labute approximate surface area is 111 Å². The summed E-state index contributed by atoms with van der Waals surface area (Å²) in [4.78, 5) is 11.9. The highest BCUT2D eigenvalue weighted by Gasteiger charge is 2.08. The first-order chi connectivity index (χ1) is 9.11. The summed E-state index contributed by atoms with van der Waals surface area (Å²) >= 11 is 0. The summed E-state index contributed by atoms with van der Waals surface area (Å²) in [5.74, 6) is 0.523. The molecule has 0 fully saturated rings. The minimum atomic E-state index is -0.280. The van der Waals surface area contributed by atoms with Crippen LogP contribution in [0.25, 0.3) is 0 Å². The highest BCUT2D eigenvalue weighted by Crippen LogP contribution is 2.21. The van der Waals surface area contributed by atoms with Crippen LogP contribution in [0.3, 0.4) is 0 Å². The number of aryl methyl sites for hydroxylation is 1. The number of aromatic nitrogens is 2. The second-order valence-corrected chi connectivity index (χ2v) is 4.00. The summed E-state index contributed by atoms with van der Waals surface area (Å²) in [7, 11) is 1.63. The predicted octanol–water partition coefficient (Wildman–Crippen LogP) is 1.22. The number of hydrogen-bond donors (Lipinski definition) is 2. The molecule has 3 N–H and O–H groups in total. The lowest BCUT2D eigenvalue weighted by atomic mass is 10.2. The van der Waals surface area contributed by atoms with Crippen LogP contribution < -0.4 is 11.1 Å². The van der Waals surface area contributed by atoms with E-state index in [1.54, 1.807) is 33.3 Å². The monoisotopic (exact) mass is 257 g/mol. The lowest BCUT2D eigenvalue weighted by Crippen LogP contribution is -2.05. The number of nitrogens with one attached hydrogen (secondary N) is 1. The maximum atomic E-state index is 13.5. The van der Waals surface area contributed by atoms with Crippen LogP contribution in [0.15, 0.2) is 29.4 Å². The molecule has 0 spiro atoms. The number of nitrogens with two attached hydrogens (primary N) is 1. The van der Waals surface area contributed by atoms with Crippen LogP contribution in [-0.4, -0.2) is 24.2 Å². The number of halogens is 1. The molecule has 96 valence electrons. The summed E-state index contributed by atoms with van der Waals surface area (Å²) < 4.78 is 13.5. The van der Waals surface area contributed by atoms with Crippen LogP contribution in [0, 0.1) is 12.7 Å². The second kappa shape index (κ2) is 5.47. The van der Waals surface area contributed by atoms with Crippen molar-refractivity contribution in [2.75, 3.05) is 11.1 Å². The van der Waals surface area contributed by atoms with Gasteiger partial charge in [0.25, 0.3) is 0 Å². The van der Waals surface area contributed by atoms with E-state index in [-0.39, 0.29) is 5.82 Å². The SMILES string of the molecule is B/N=C/c1c(N)ncnc1Nc1ccc(C)c(F)c1. The average Bonchev–Trinajstić information content (AvgIpc) is 2.38. The number of rotatable bonds is 3. The summed E-state index contributed by atoms with van der Waals surface area (Å²) in [6, 6.07) is 4.86. The quantitative estimate of drug-likeness (QED) is 0.640. The van der Waals surface area contributed by atoms with Crippen molar-refractivity contribution in [3.63, 3.8) is 0 Å². The molecule has 0 atom stereocenters. The molecule has 0 saturated heterocycles. The van der Waals surface area contributed by atoms with Gasteiger partial charge in [-0.05, 0) is 24.6 Å². The summed E-state index contributed by atoms with van der Waals surface area (Å²) in [6.45, 7) is 1.71. The number of hydrogen-bond acceptors (Lipinski definition) is 5.